The van der Waals surface area contributed by atoms with Crippen molar-refractivity contribution in [1.29, 1.82) is 0 Å². The topological polar surface area (TPSA) is 72.2 Å². The van der Waals surface area contributed by atoms with Gasteiger partial charge in [0.1, 0.15) is 5.00 Å². The van der Waals surface area contributed by atoms with Crippen molar-refractivity contribution in [2.75, 3.05) is 5.32 Å². The summed E-state index contributed by atoms with van der Waals surface area (Å²) in [6, 6.07) is 7.14. The largest absolute Gasteiger partial charge is 0.365 e. The summed E-state index contributed by atoms with van der Waals surface area (Å²) in [5.74, 6) is -0.0372. The number of hydrogen-bond donors (Lipinski definition) is 2. The zero-order valence-electron chi connectivity index (χ0n) is 13.4. The van der Waals surface area contributed by atoms with Crippen LogP contribution in [0.3, 0.4) is 0 Å². The molecule has 0 spiro atoms. The Morgan fingerprint density at radius 3 is 2.71 bits per heavy atom. The lowest BCUT2D eigenvalue weighted by Gasteiger charge is -2.18. The molecule has 1 atom stereocenters. The van der Waals surface area contributed by atoms with Crippen LogP contribution in [0.15, 0.2) is 24.3 Å². The number of fused-ring (bicyclic) bond motifs is 1. The number of carbonyl (C=O) groups is 2. The first-order chi connectivity index (χ1) is 11.4. The van der Waals surface area contributed by atoms with Crippen molar-refractivity contribution >= 4 is 39.8 Å². The molecule has 1 aromatic carbocycles. The number of primary amides is 1. The number of halogens is 1. The third-order valence-electron chi connectivity index (χ3n) is 4.29. The summed E-state index contributed by atoms with van der Waals surface area (Å²) < 4.78 is 0. The standard InChI is InChI=1S/C18H19ClN2O2S/c1-10-2-7-13-14(8-10)24-18(16(13)17(20)23)21-15(22)9-11-3-5-12(19)6-4-11/h3-6,10H,2,7-9H2,1H3,(H2,20,23)(H,21,22). The molecule has 1 aliphatic rings. The van der Waals surface area contributed by atoms with Crippen LogP contribution >= 0.6 is 22.9 Å². The first-order valence-corrected chi connectivity index (χ1v) is 9.12. The van der Waals surface area contributed by atoms with Crippen molar-refractivity contribution in [3.8, 4) is 0 Å². The molecule has 0 radical (unpaired) electrons. The first kappa shape index (κ1) is 17.0. The maximum Gasteiger partial charge on any atom is 0.251 e. The summed E-state index contributed by atoms with van der Waals surface area (Å²) in [7, 11) is 0. The van der Waals surface area contributed by atoms with Crippen LogP contribution in [0.25, 0.3) is 0 Å². The van der Waals surface area contributed by atoms with Crippen LogP contribution in [0.1, 0.15) is 39.7 Å². The van der Waals surface area contributed by atoms with Crippen LogP contribution in [0.5, 0.6) is 0 Å². The second kappa shape index (κ2) is 6.95. The molecule has 2 aromatic rings. The van der Waals surface area contributed by atoms with Crippen LogP contribution in [0.4, 0.5) is 5.00 Å². The number of thiophene rings is 1. The lowest BCUT2D eigenvalue weighted by Crippen LogP contribution is -2.20. The smallest absolute Gasteiger partial charge is 0.251 e. The summed E-state index contributed by atoms with van der Waals surface area (Å²) in [5, 5.41) is 4.09. The Bertz CT molecular complexity index is 783. The molecule has 0 saturated heterocycles. The quantitative estimate of drug-likeness (QED) is 0.868. The second-order valence-electron chi connectivity index (χ2n) is 6.27. The molecule has 1 unspecified atom stereocenters. The predicted molar refractivity (Wildman–Crippen MR) is 97.8 cm³/mol. The van der Waals surface area contributed by atoms with Crippen LogP contribution in [-0.2, 0) is 24.1 Å². The number of carbonyl (C=O) groups excluding carboxylic acids is 2. The highest BCUT2D eigenvalue weighted by Crippen LogP contribution is 2.39. The first-order valence-electron chi connectivity index (χ1n) is 7.92. The van der Waals surface area contributed by atoms with E-state index in [1.807, 2.05) is 12.1 Å². The van der Waals surface area contributed by atoms with Crippen molar-refractivity contribution in [3.63, 3.8) is 0 Å². The number of nitrogens with two attached hydrogens (primary N) is 1. The summed E-state index contributed by atoms with van der Waals surface area (Å²) >= 11 is 7.33. The molecule has 3 rings (SSSR count). The van der Waals surface area contributed by atoms with E-state index in [1.54, 1.807) is 12.1 Å². The van der Waals surface area contributed by atoms with Gasteiger partial charge >= 0.3 is 0 Å². The van der Waals surface area contributed by atoms with Gasteiger partial charge in [-0.25, -0.2) is 0 Å². The molecule has 0 fully saturated rings. The number of anilines is 1. The highest BCUT2D eigenvalue weighted by molar-refractivity contribution is 7.17. The van der Waals surface area contributed by atoms with Gasteiger partial charge in [-0.2, -0.15) is 0 Å². The number of rotatable bonds is 4. The summed E-state index contributed by atoms with van der Waals surface area (Å²) in [4.78, 5) is 25.4. The molecule has 126 valence electrons. The third-order valence-corrected chi connectivity index (χ3v) is 5.71. The van der Waals surface area contributed by atoms with E-state index in [1.165, 1.54) is 16.2 Å². The average molecular weight is 363 g/mol. The van der Waals surface area contributed by atoms with Gasteiger partial charge in [0.15, 0.2) is 0 Å². The fourth-order valence-electron chi connectivity index (χ4n) is 3.06. The molecular formula is C18H19ClN2O2S. The van der Waals surface area contributed by atoms with E-state index in [4.69, 9.17) is 17.3 Å². The summed E-state index contributed by atoms with van der Waals surface area (Å²) in [6.45, 7) is 2.20. The van der Waals surface area contributed by atoms with Gasteiger partial charge in [0.05, 0.1) is 12.0 Å². The van der Waals surface area contributed by atoms with Crippen LogP contribution < -0.4 is 11.1 Å². The highest BCUT2D eigenvalue weighted by Gasteiger charge is 2.27. The van der Waals surface area contributed by atoms with Gasteiger partial charge < -0.3 is 11.1 Å². The fraction of sp³-hybridized carbons (Fsp3) is 0.333. The van der Waals surface area contributed by atoms with Crippen molar-refractivity contribution < 1.29 is 9.59 Å². The summed E-state index contributed by atoms with van der Waals surface area (Å²) in [6.07, 6.45) is 3.06. The fourth-order valence-corrected chi connectivity index (χ4v) is 4.62. The molecule has 1 heterocycles. The number of amides is 2. The lowest BCUT2D eigenvalue weighted by molar-refractivity contribution is -0.115. The van der Waals surface area contributed by atoms with Gasteiger partial charge in [0.25, 0.3) is 5.91 Å². The minimum atomic E-state index is -0.469. The Balaban J connectivity index is 1.80. The monoisotopic (exact) mass is 362 g/mol. The van der Waals surface area contributed by atoms with E-state index in [0.29, 0.717) is 21.5 Å². The Kier molecular flexibility index (Phi) is 4.92. The van der Waals surface area contributed by atoms with Crippen molar-refractivity contribution in [2.24, 2.45) is 11.7 Å². The van der Waals surface area contributed by atoms with E-state index in [-0.39, 0.29) is 12.3 Å². The molecule has 2 amide bonds. The molecule has 0 saturated carbocycles. The molecule has 3 N–H and O–H groups in total. The Morgan fingerprint density at radius 2 is 2.04 bits per heavy atom. The highest BCUT2D eigenvalue weighted by atomic mass is 35.5. The van der Waals surface area contributed by atoms with Gasteiger partial charge in [-0.05, 0) is 48.4 Å². The van der Waals surface area contributed by atoms with Crippen LogP contribution in [-0.4, -0.2) is 11.8 Å². The number of nitrogens with one attached hydrogen (secondary N) is 1. The maximum absolute atomic E-state index is 12.3. The normalized spacial score (nSPS) is 16.5. The lowest BCUT2D eigenvalue weighted by atomic mass is 9.88. The van der Waals surface area contributed by atoms with Crippen molar-refractivity contribution in [1.82, 2.24) is 0 Å². The molecule has 1 aromatic heterocycles. The van der Waals surface area contributed by atoms with Crippen LogP contribution in [0, 0.1) is 5.92 Å². The number of hydrogen-bond acceptors (Lipinski definition) is 3. The zero-order valence-corrected chi connectivity index (χ0v) is 15.0. The number of benzene rings is 1. The summed E-state index contributed by atoms with van der Waals surface area (Å²) in [5.41, 5.74) is 7.95. The molecule has 6 heteroatoms. The van der Waals surface area contributed by atoms with Gasteiger partial charge in [0.2, 0.25) is 5.91 Å². The molecule has 1 aliphatic carbocycles. The third kappa shape index (κ3) is 3.62. The predicted octanol–water partition coefficient (Wildman–Crippen LogP) is 3.81. The van der Waals surface area contributed by atoms with Gasteiger partial charge in [0, 0.05) is 9.90 Å². The van der Waals surface area contributed by atoms with Crippen molar-refractivity contribution in [2.45, 2.75) is 32.6 Å². The van der Waals surface area contributed by atoms with Gasteiger partial charge in [-0.3, -0.25) is 9.59 Å². The molecule has 0 bridgehead atoms. The van der Waals surface area contributed by atoms with E-state index in [2.05, 4.69) is 12.2 Å². The van der Waals surface area contributed by atoms with Gasteiger partial charge in [-0.15, -0.1) is 11.3 Å². The minimum absolute atomic E-state index is 0.161. The average Bonchev–Trinajstić information content (AvgIpc) is 2.86. The molecule has 24 heavy (non-hydrogen) atoms. The maximum atomic E-state index is 12.3. The second-order valence-corrected chi connectivity index (χ2v) is 7.81. The molecule has 0 aliphatic heterocycles. The molecular weight excluding hydrogens is 344 g/mol. The Morgan fingerprint density at radius 1 is 1.33 bits per heavy atom. The van der Waals surface area contributed by atoms with Crippen LogP contribution in [0.2, 0.25) is 5.02 Å². The Labute approximate surface area is 150 Å². The SMILES string of the molecule is CC1CCc2c(sc(NC(=O)Cc3ccc(Cl)cc3)c2C(N)=O)C1. The van der Waals surface area contributed by atoms with Crippen molar-refractivity contribution in [3.05, 3.63) is 50.9 Å². The van der Waals surface area contributed by atoms with E-state index in [9.17, 15) is 9.59 Å². The molecule has 4 nitrogen and oxygen atoms in total. The Hall–Kier alpha value is -1.85. The van der Waals surface area contributed by atoms with Gasteiger partial charge in [-0.1, -0.05) is 30.7 Å². The van der Waals surface area contributed by atoms with E-state index >= 15 is 0 Å². The van der Waals surface area contributed by atoms with E-state index < -0.39 is 5.91 Å². The zero-order chi connectivity index (χ0) is 17.3. The minimum Gasteiger partial charge on any atom is -0.365 e. The van der Waals surface area contributed by atoms with E-state index in [0.717, 1.165) is 30.4 Å².